The van der Waals surface area contributed by atoms with Gasteiger partial charge in [0, 0.05) is 18.5 Å². The van der Waals surface area contributed by atoms with Crippen molar-refractivity contribution < 1.29 is 23.0 Å². The Labute approximate surface area is 147 Å². The Hall–Kier alpha value is -1.89. The summed E-state index contributed by atoms with van der Waals surface area (Å²) in [6.07, 6.45) is 2.59. The third-order valence-electron chi connectivity index (χ3n) is 4.66. The molecule has 0 radical (unpaired) electrons. The minimum Gasteiger partial charge on any atom is -0.497 e. The standard InChI is InChI=1S/C18H26F2N2O3/c1-12(13-5-7-21-8-6-13)9-17(23)22-11-14-10-15(24-2)3-4-16(14)25-18(19)20/h3-4,10,12-13,18,21H,5-9,11H2,1-2H3,(H,22,23). The monoisotopic (exact) mass is 356 g/mol. The number of hydrogen-bond donors (Lipinski definition) is 2. The quantitative estimate of drug-likeness (QED) is 0.752. The first-order chi connectivity index (χ1) is 12.0. The third kappa shape index (κ3) is 6.16. The van der Waals surface area contributed by atoms with E-state index in [-0.39, 0.29) is 18.2 Å². The lowest BCUT2D eigenvalue weighted by atomic mass is 9.84. The maximum Gasteiger partial charge on any atom is 0.387 e. The van der Waals surface area contributed by atoms with Crippen molar-refractivity contribution in [2.24, 2.45) is 11.8 Å². The molecule has 1 aliphatic heterocycles. The van der Waals surface area contributed by atoms with Gasteiger partial charge in [-0.3, -0.25) is 4.79 Å². The molecule has 140 valence electrons. The SMILES string of the molecule is COc1ccc(OC(F)F)c(CNC(=O)CC(C)C2CCNCC2)c1. The Morgan fingerprint density at radius 2 is 2.08 bits per heavy atom. The molecule has 0 spiro atoms. The molecule has 0 aliphatic carbocycles. The Kier molecular flexibility index (Phi) is 7.43. The van der Waals surface area contributed by atoms with E-state index in [4.69, 9.17) is 4.74 Å². The van der Waals surface area contributed by atoms with Crippen LogP contribution in [-0.4, -0.2) is 32.7 Å². The molecule has 2 rings (SSSR count). The number of amides is 1. The van der Waals surface area contributed by atoms with Gasteiger partial charge in [0.05, 0.1) is 7.11 Å². The lowest BCUT2D eigenvalue weighted by molar-refractivity contribution is -0.122. The van der Waals surface area contributed by atoms with E-state index in [1.54, 1.807) is 12.1 Å². The third-order valence-corrected chi connectivity index (χ3v) is 4.66. The van der Waals surface area contributed by atoms with Crippen molar-refractivity contribution in [3.8, 4) is 11.5 Å². The summed E-state index contributed by atoms with van der Waals surface area (Å²) in [6, 6.07) is 4.56. The van der Waals surface area contributed by atoms with Gasteiger partial charge in [0.25, 0.3) is 0 Å². The van der Waals surface area contributed by atoms with E-state index in [0.717, 1.165) is 25.9 Å². The van der Waals surface area contributed by atoms with Gasteiger partial charge in [-0.15, -0.1) is 0 Å². The van der Waals surface area contributed by atoms with Gasteiger partial charge in [-0.2, -0.15) is 8.78 Å². The summed E-state index contributed by atoms with van der Waals surface area (Å²) in [4.78, 5) is 12.2. The fourth-order valence-corrected chi connectivity index (χ4v) is 3.17. The first-order valence-corrected chi connectivity index (χ1v) is 8.58. The maximum atomic E-state index is 12.5. The molecule has 7 heteroatoms. The molecule has 1 aromatic carbocycles. The van der Waals surface area contributed by atoms with Crippen LogP contribution in [0, 0.1) is 11.8 Å². The number of alkyl halides is 2. The van der Waals surface area contributed by atoms with Gasteiger partial charge in [0.1, 0.15) is 11.5 Å². The topological polar surface area (TPSA) is 59.6 Å². The van der Waals surface area contributed by atoms with Crippen LogP contribution in [0.5, 0.6) is 11.5 Å². The largest absolute Gasteiger partial charge is 0.497 e. The van der Waals surface area contributed by atoms with E-state index in [1.165, 1.54) is 13.2 Å². The van der Waals surface area contributed by atoms with Gasteiger partial charge in [0.15, 0.2) is 0 Å². The van der Waals surface area contributed by atoms with E-state index in [9.17, 15) is 13.6 Å². The smallest absolute Gasteiger partial charge is 0.387 e. The van der Waals surface area contributed by atoms with Gasteiger partial charge < -0.3 is 20.1 Å². The molecule has 1 unspecified atom stereocenters. The normalized spacial score (nSPS) is 16.5. The molecule has 5 nitrogen and oxygen atoms in total. The Morgan fingerprint density at radius 1 is 1.36 bits per heavy atom. The van der Waals surface area contributed by atoms with Crippen molar-refractivity contribution in [3.63, 3.8) is 0 Å². The van der Waals surface area contributed by atoms with Gasteiger partial charge >= 0.3 is 6.61 Å². The highest BCUT2D eigenvalue weighted by molar-refractivity contribution is 5.76. The number of piperidine rings is 1. The van der Waals surface area contributed by atoms with Crippen LogP contribution in [0.15, 0.2) is 18.2 Å². The molecule has 0 saturated carbocycles. The zero-order valence-electron chi connectivity index (χ0n) is 14.7. The fourth-order valence-electron chi connectivity index (χ4n) is 3.17. The van der Waals surface area contributed by atoms with Crippen molar-refractivity contribution in [2.45, 2.75) is 39.3 Å². The van der Waals surface area contributed by atoms with Crippen molar-refractivity contribution in [1.29, 1.82) is 0 Å². The highest BCUT2D eigenvalue weighted by Gasteiger charge is 2.22. The first-order valence-electron chi connectivity index (χ1n) is 8.58. The van der Waals surface area contributed by atoms with Gasteiger partial charge in [-0.25, -0.2) is 0 Å². The molecule has 1 amide bonds. The van der Waals surface area contributed by atoms with Crippen molar-refractivity contribution in [3.05, 3.63) is 23.8 Å². The molecule has 1 aliphatic rings. The van der Waals surface area contributed by atoms with Crippen LogP contribution in [-0.2, 0) is 11.3 Å². The summed E-state index contributed by atoms with van der Waals surface area (Å²) in [6.45, 7) is 1.29. The minimum atomic E-state index is -2.91. The van der Waals surface area contributed by atoms with E-state index in [2.05, 4.69) is 22.3 Å². The van der Waals surface area contributed by atoms with E-state index < -0.39 is 6.61 Å². The minimum absolute atomic E-state index is 0.0440. The summed E-state index contributed by atoms with van der Waals surface area (Å²) < 4.78 is 34.6. The number of rotatable bonds is 8. The molecule has 1 saturated heterocycles. The van der Waals surface area contributed by atoms with Crippen LogP contribution in [0.3, 0.4) is 0 Å². The summed E-state index contributed by atoms with van der Waals surface area (Å²) in [5.41, 5.74) is 0.461. The number of methoxy groups -OCH3 is 1. The van der Waals surface area contributed by atoms with Gasteiger partial charge in [-0.05, 0) is 56.0 Å². The van der Waals surface area contributed by atoms with Crippen LogP contribution in [0.4, 0.5) is 8.78 Å². The van der Waals surface area contributed by atoms with Crippen LogP contribution < -0.4 is 20.1 Å². The average molecular weight is 356 g/mol. The van der Waals surface area contributed by atoms with Crippen molar-refractivity contribution >= 4 is 5.91 Å². The lowest BCUT2D eigenvalue weighted by Crippen LogP contribution is -2.33. The zero-order valence-corrected chi connectivity index (χ0v) is 14.7. The Morgan fingerprint density at radius 3 is 2.72 bits per heavy atom. The predicted molar refractivity (Wildman–Crippen MR) is 90.8 cm³/mol. The summed E-state index contributed by atoms with van der Waals surface area (Å²) in [5, 5.41) is 6.11. The predicted octanol–water partition coefficient (Wildman–Crippen LogP) is 2.94. The van der Waals surface area contributed by atoms with E-state index in [0.29, 0.717) is 29.6 Å². The summed E-state index contributed by atoms with van der Waals surface area (Å²) >= 11 is 0. The van der Waals surface area contributed by atoms with Crippen LogP contribution in [0.1, 0.15) is 31.7 Å². The molecule has 2 N–H and O–H groups in total. The molecule has 25 heavy (non-hydrogen) atoms. The Balaban J connectivity index is 1.91. The number of benzene rings is 1. The molecular formula is C18H26F2N2O3. The van der Waals surface area contributed by atoms with Crippen molar-refractivity contribution in [2.75, 3.05) is 20.2 Å². The van der Waals surface area contributed by atoms with Crippen LogP contribution >= 0.6 is 0 Å². The highest BCUT2D eigenvalue weighted by Crippen LogP contribution is 2.26. The molecule has 1 fully saturated rings. The van der Waals surface area contributed by atoms with E-state index >= 15 is 0 Å². The second-order valence-electron chi connectivity index (χ2n) is 6.40. The highest BCUT2D eigenvalue weighted by atomic mass is 19.3. The number of nitrogens with one attached hydrogen (secondary N) is 2. The molecule has 0 aromatic heterocycles. The summed E-state index contributed by atoms with van der Waals surface area (Å²) in [7, 11) is 1.49. The van der Waals surface area contributed by atoms with E-state index in [1.807, 2.05) is 0 Å². The zero-order chi connectivity index (χ0) is 18.2. The maximum absolute atomic E-state index is 12.5. The number of carbonyl (C=O) groups excluding carboxylic acids is 1. The molecular weight excluding hydrogens is 330 g/mol. The van der Waals surface area contributed by atoms with Gasteiger partial charge in [0.2, 0.25) is 5.91 Å². The molecule has 1 aromatic rings. The second-order valence-corrected chi connectivity index (χ2v) is 6.40. The first kappa shape index (κ1) is 19.4. The van der Waals surface area contributed by atoms with Gasteiger partial charge in [-0.1, -0.05) is 6.92 Å². The average Bonchev–Trinajstić information content (AvgIpc) is 2.61. The number of ether oxygens (including phenoxy) is 2. The fraction of sp³-hybridized carbons (Fsp3) is 0.611. The lowest BCUT2D eigenvalue weighted by Gasteiger charge is -2.27. The second kappa shape index (κ2) is 9.56. The van der Waals surface area contributed by atoms with Crippen molar-refractivity contribution in [1.82, 2.24) is 10.6 Å². The Bertz CT molecular complexity index is 563. The molecule has 1 atom stereocenters. The molecule has 0 bridgehead atoms. The number of carbonyl (C=O) groups is 1. The number of halogens is 2. The molecule has 1 heterocycles. The van der Waals surface area contributed by atoms with Crippen LogP contribution in [0.2, 0.25) is 0 Å². The summed E-state index contributed by atoms with van der Waals surface area (Å²) in [5.74, 6) is 1.32. The number of hydrogen-bond acceptors (Lipinski definition) is 4. The van der Waals surface area contributed by atoms with Crippen LogP contribution in [0.25, 0.3) is 0 Å².